The second-order valence-electron chi connectivity index (χ2n) is 2.70. The number of pyridine rings is 1. The second kappa shape index (κ2) is 4.77. The van der Waals surface area contributed by atoms with Crippen LogP contribution in [0.25, 0.3) is 0 Å². The molecule has 5 heteroatoms. The number of halogens is 2. The average molecular weight is 220 g/mol. The molecule has 0 aliphatic carbocycles. The Bertz CT molecular complexity index is 270. The Balaban J connectivity index is 2.98. The van der Waals surface area contributed by atoms with Crippen molar-refractivity contribution in [2.75, 3.05) is 6.54 Å². The van der Waals surface area contributed by atoms with Crippen molar-refractivity contribution in [1.82, 2.24) is 4.98 Å². The summed E-state index contributed by atoms with van der Waals surface area (Å²) >= 11 is 11.8. The van der Waals surface area contributed by atoms with E-state index in [0.29, 0.717) is 23.0 Å². The highest BCUT2D eigenvalue weighted by Crippen LogP contribution is 2.29. The van der Waals surface area contributed by atoms with E-state index in [2.05, 4.69) is 4.98 Å². The zero-order valence-corrected chi connectivity index (χ0v) is 8.52. The van der Waals surface area contributed by atoms with E-state index in [-0.39, 0.29) is 6.04 Å². The van der Waals surface area contributed by atoms with Crippen LogP contribution in [0.15, 0.2) is 12.4 Å². The SMILES string of the molecule is NCCC(N)c1c(Cl)cncc1Cl. The van der Waals surface area contributed by atoms with Crippen molar-refractivity contribution >= 4 is 23.2 Å². The molecule has 0 aliphatic rings. The van der Waals surface area contributed by atoms with Crippen LogP contribution >= 0.6 is 23.2 Å². The van der Waals surface area contributed by atoms with Gasteiger partial charge in [0.1, 0.15) is 0 Å². The molecule has 0 aliphatic heterocycles. The van der Waals surface area contributed by atoms with Crippen LogP contribution in [0.1, 0.15) is 18.0 Å². The fraction of sp³-hybridized carbons (Fsp3) is 0.375. The van der Waals surface area contributed by atoms with Gasteiger partial charge in [-0.3, -0.25) is 4.98 Å². The topological polar surface area (TPSA) is 64.9 Å². The van der Waals surface area contributed by atoms with E-state index in [9.17, 15) is 0 Å². The molecule has 1 aromatic rings. The molecular weight excluding hydrogens is 209 g/mol. The molecule has 0 spiro atoms. The summed E-state index contributed by atoms with van der Waals surface area (Å²) in [5, 5.41) is 0.988. The summed E-state index contributed by atoms with van der Waals surface area (Å²) in [6, 6.07) is -0.215. The molecule has 0 bridgehead atoms. The van der Waals surface area contributed by atoms with Gasteiger partial charge in [0.15, 0.2) is 0 Å². The number of nitrogens with zero attached hydrogens (tertiary/aromatic N) is 1. The quantitative estimate of drug-likeness (QED) is 0.815. The van der Waals surface area contributed by atoms with Gasteiger partial charge in [0.25, 0.3) is 0 Å². The van der Waals surface area contributed by atoms with Gasteiger partial charge in [0.2, 0.25) is 0 Å². The normalized spacial score (nSPS) is 12.9. The Morgan fingerprint density at radius 2 is 1.85 bits per heavy atom. The Kier molecular flexibility index (Phi) is 3.93. The smallest absolute Gasteiger partial charge is 0.0651 e. The Hall–Kier alpha value is -0.350. The summed E-state index contributed by atoms with van der Waals surface area (Å²) in [6.07, 6.45) is 3.71. The molecule has 1 aromatic heterocycles. The van der Waals surface area contributed by atoms with E-state index in [1.165, 1.54) is 12.4 Å². The van der Waals surface area contributed by atoms with Crippen molar-refractivity contribution in [3.8, 4) is 0 Å². The maximum Gasteiger partial charge on any atom is 0.0651 e. The van der Waals surface area contributed by atoms with Gasteiger partial charge < -0.3 is 11.5 Å². The van der Waals surface area contributed by atoms with Gasteiger partial charge in [-0.2, -0.15) is 0 Å². The number of hydrogen-bond acceptors (Lipinski definition) is 3. The average Bonchev–Trinajstić information content (AvgIpc) is 2.04. The monoisotopic (exact) mass is 219 g/mol. The lowest BCUT2D eigenvalue weighted by atomic mass is 10.1. The highest BCUT2D eigenvalue weighted by Gasteiger charge is 2.13. The fourth-order valence-corrected chi connectivity index (χ4v) is 1.74. The van der Waals surface area contributed by atoms with Crippen LogP contribution in [-0.4, -0.2) is 11.5 Å². The zero-order chi connectivity index (χ0) is 9.84. The standard InChI is InChI=1S/C8H11Cl2N3/c9-5-3-13-4-6(10)8(5)7(12)1-2-11/h3-4,7H,1-2,11-12H2. The molecule has 13 heavy (non-hydrogen) atoms. The van der Waals surface area contributed by atoms with Crippen molar-refractivity contribution in [1.29, 1.82) is 0 Å². The molecular formula is C8H11Cl2N3. The van der Waals surface area contributed by atoms with E-state index >= 15 is 0 Å². The van der Waals surface area contributed by atoms with Crippen LogP contribution in [0.3, 0.4) is 0 Å². The molecule has 1 atom stereocenters. The third-order valence-electron chi connectivity index (χ3n) is 1.74. The van der Waals surface area contributed by atoms with Crippen molar-refractivity contribution in [2.45, 2.75) is 12.5 Å². The number of aromatic nitrogens is 1. The molecule has 0 radical (unpaired) electrons. The minimum absolute atomic E-state index is 0.215. The van der Waals surface area contributed by atoms with Crippen molar-refractivity contribution in [3.05, 3.63) is 28.0 Å². The van der Waals surface area contributed by atoms with E-state index in [1.54, 1.807) is 0 Å². The van der Waals surface area contributed by atoms with E-state index in [4.69, 9.17) is 34.7 Å². The van der Waals surface area contributed by atoms with Crippen LogP contribution in [-0.2, 0) is 0 Å². The van der Waals surface area contributed by atoms with Crippen LogP contribution in [0, 0.1) is 0 Å². The molecule has 0 saturated heterocycles. The van der Waals surface area contributed by atoms with Crippen molar-refractivity contribution in [3.63, 3.8) is 0 Å². The van der Waals surface area contributed by atoms with Gasteiger partial charge in [0.05, 0.1) is 10.0 Å². The van der Waals surface area contributed by atoms with Crippen LogP contribution in [0.5, 0.6) is 0 Å². The molecule has 1 heterocycles. The predicted molar refractivity (Wildman–Crippen MR) is 54.9 cm³/mol. The first-order chi connectivity index (χ1) is 6.16. The molecule has 3 nitrogen and oxygen atoms in total. The molecule has 1 rings (SSSR count). The highest BCUT2D eigenvalue weighted by molar-refractivity contribution is 6.35. The summed E-state index contributed by atoms with van der Waals surface area (Å²) in [5.74, 6) is 0. The predicted octanol–water partition coefficient (Wildman–Crippen LogP) is 1.74. The Labute approximate surface area is 87.0 Å². The molecule has 0 aromatic carbocycles. The van der Waals surface area contributed by atoms with Gasteiger partial charge in [-0.15, -0.1) is 0 Å². The maximum atomic E-state index is 5.89. The van der Waals surface area contributed by atoms with Gasteiger partial charge in [0, 0.05) is 24.0 Å². The molecule has 72 valence electrons. The molecule has 4 N–H and O–H groups in total. The summed E-state index contributed by atoms with van der Waals surface area (Å²) in [5.41, 5.74) is 11.9. The summed E-state index contributed by atoms with van der Waals surface area (Å²) in [7, 11) is 0. The molecule has 0 fully saturated rings. The van der Waals surface area contributed by atoms with Crippen LogP contribution < -0.4 is 11.5 Å². The number of rotatable bonds is 3. The zero-order valence-electron chi connectivity index (χ0n) is 7.00. The molecule has 1 unspecified atom stereocenters. The first-order valence-corrected chi connectivity index (χ1v) is 4.67. The van der Waals surface area contributed by atoms with E-state index in [1.807, 2.05) is 0 Å². The van der Waals surface area contributed by atoms with Crippen molar-refractivity contribution < 1.29 is 0 Å². The summed E-state index contributed by atoms with van der Waals surface area (Å²) in [6.45, 7) is 0.510. The van der Waals surface area contributed by atoms with E-state index < -0.39 is 0 Å². The molecule has 0 amide bonds. The minimum Gasteiger partial charge on any atom is -0.330 e. The largest absolute Gasteiger partial charge is 0.330 e. The van der Waals surface area contributed by atoms with Crippen LogP contribution in [0.2, 0.25) is 10.0 Å². The van der Waals surface area contributed by atoms with Gasteiger partial charge in [-0.25, -0.2) is 0 Å². The third-order valence-corrected chi connectivity index (χ3v) is 2.34. The maximum absolute atomic E-state index is 5.89. The van der Waals surface area contributed by atoms with Gasteiger partial charge >= 0.3 is 0 Å². The first-order valence-electron chi connectivity index (χ1n) is 3.91. The van der Waals surface area contributed by atoms with Crippen LogP contribution in [0.4, 0.5) is 0 Å². The summed E-state index contributed by atoms with van der Waals surface area (Å²) in [4.78, 5) is 3.84. The Morgan fingerprint density at radius 3 is 2.31 bits per heavy atom. The Morgan fingerprint density at radius 1 is 1.31 bits per heavy atom. The lowest BCUT2D eigenvalue weighted by Gasteiger charge is -2.13. The lowest BCUT2D eigenvalue weighted by molar-refractivity contribution is 0.661. The third kappa shape index (κ3) is 2.54. The minimum atomic E-state index is -0.215. The second-order valence-corrected chi connectivity index (χ2v) is 3.52. The van der Waals surface area contributed by atoms with E-state index in [0.717, 1.165) is 5.56 Å². The lowest BCUT2D eigenvalue weighted by Crippen LogP contribution is -2.16. The van der Waals surface area contributed by atoms with Crippen molar-refractivity contribution in [2.24, 2.45) is 11.5 Å². The first kappa shape index (κ1) is 10.7. The van der Waals surface area contributed by atoms with Gasteiger partial charge in [-0.05, 0) is 13.0 Å². The summed E-state index contributed by atoms with van der Waals surface area (Å²) < 4.78 is 0. The fourth-order valence-electron chi connectivity index (χ4n) is 1.10. The number of hydrogen-bond donors (Lipinski definition) is 2. The highest BCUT2D eigenvalue weighted by atomic mass is 35.5. The number of nitrogens with two attached hydrogens (primary N) is 2. The molecule has 0 saturated carbocycles. The van der Waals surface area contributed by atoms with Gasteiger partial charge in [-0.1, -0.05) is 23.2 Å².